The van der Waals surface area contributed by atoms with E-state index in [-0.39, 0.29) is 0 Å². The first-order valence-electron chi connectivity index (χ1n) is 11.1. The van der Waals surface area contributed by atoms with Crippen molar-refractivity contribution in [3.63, 3.8) is 0 Å². The number of rotatable bonds is 2. The van der Waals surface area contributed by atoms with Gasteiger partial charge in [0, 0.05) is 39.1 Å². The van der Waals surface area contributed by atoms with Crippen LogP contribution in [0.5, 0.6) is 0 Å². The van der Waals surface area contributed by atoms with E-state index in [1.165, 1.54) is 49.1 Å². The normalized spacial score (nSPS) is 12.0. The predicted molar refractivity (Wildman–Crippen MR) is 134 cm³/mol. The van der Waals surface area contributed by atoms with Crippen LogP contribution >= 0.6 is 0 Å². The Kier molecular flexibility index (Phi) is 3.54. The molecular formula is C29H21N3. The summed E-state index contributed by atoms with van der Waals surface area (Å²) in [7, 11) is 0. The Morgan fingerprint density at radius 1 is 0.562 bits per heavy atom. The third-order valence-electron chi connectivity index (χ3n) is 6.78. The van der Waals surface area contributed by atoms with Crippen LogP contribution in [0.25, 0.3) is 60.1 Å². The minimum absolute atomic E-state index is 0.963. The Labute approximate surface area is 185 Å². The van der Waals surface area contributed by atoms with Crippen LogP contribution in [0.15, 0.2) is 97.2 Å². The van der Waals surface area contributed by atoms with Crippen molar-refractivity contribution in [2.24, 2.45) is 0 Å². The van der Waals surface area contributed by atoms with Crippen molar-refractivity contribution in [3.05, 3.63) is 97.2 Å². The lowest BCUT2D eigenvalue weighted by Gasteiger charge is -2.11. The summed E-state index contributed by atoms with van der Waals surface area (Å²) >= 11 is 0. The van der Waals surface area contributed by atoms with Gasteiger partial charge in [-0.2, -0.15) is 5.10 Å². The van der Waals surface area contributed by atoms with E-state index in [0.717, 1.165) is 17.6 Å². The molecule has 0 atom stereocenters. The maximum atomic E-state index is 4.60. The number of benzene rings is 4. The van der Waals surface area contributed by atoms with E-state index in [9.17, 15) is 0 Å². The third-order valence-corrected chi connectivity index (χ3v) is 6.78. The molecule has 32 heavy (non-hydrogen) atoms. The lowest BCUT2D eigenvalue weighted by Crippen LogP contribution is -1.93. The van der Waals surface area contributed by atoms with Gasteiger partial charge in [0.2, 0.25) is 0 Å². The highest BCUT2D eigenvalue weighted by Gasteiger charge is 2.13. The van der Waals surface area contributed by atoms with Gasteiger partial charge < -0.3 is 4.57 Å². The molecule has 0 spiro atoms. The summed E-state index contributed by atoms with van der Waals surface area (Å²) in [6.45, 7) is 3.18. The van der Waals surface area contributed by atoms with E-state index in [1.807, 2.05) is 6.20 Å². The summed E-state index contributed by atoms with van der Waals surface area (Å²) in [5, 5.41) is 11.0. The number of para-hydroxylation sites is 1. The highest BCUT2D eigenvalue weighted by molar-refractivity contribution is 6.14. The molecule has 3 aromatic heterocycles. The van der Waals surface area contributed by atoms with Crippen molar-refractivity contribution in [3.8, 4) is 11.1 Å². The highest BCUT2D eigenvalue weighted by Crippen LogP contribution is 2.35. The summed E-state index contributed by atoms with van der Waals surface area (Å²) in [5.74, 6) is 0. The van der Waals surface area contributed by atoms with Gasteiger partial charge in [0.1, 0.15) is 0 Å². The van der Waals surface area contributed by atoms with Crippen LogP contribution in [0.3, 0.4) is 0 Å². The standard InChI is InChI=1S/C29H21N3/c1-2-31-26-10-6-5-9-23(26)25-18-19(11-13-27(25)31)20-12-14-28-24(17-20)21-7-3-4-8-22(21)29-15-16-30-32(28)29/h3-18H,2H2,1H3. The second kappa shape index (κ2) is 6.44. The van der Waals surface area contributed by atoms with Crippen LogP contribution in [0.2, 0.25) is 0 Å². The lowest BCUT2D eigenvalue weighted by molar-refractivity contribution is 0.827. The Morgan fingerprint density at radius 2 is 1.12 bits per heavy atom. The molecule has 7 aromatic rings. The fourth-order valence-corrected chi connectivity index (χ4v) is 5.33. The van der Waals surface area contributed by atoms with Crippen LogP contribution in [0.4, 0.5) is 0 Å². The topological polar surface area (TPSA) is 22.2 Å². The molecule has 152 valence electrons. The van der Waals surface area contributed by atoms with E-state index < -0.39 is 0 Å². The van der Waals surface area contributed by atoms with Crippen LogP contribution in [0, 0.1) is 0 Å². The molecule has 0 aliphatic carbocycles. The van der Waals surface area contributed by atoms with Crippen molar-refractivity contribution in [2.45, 2.75) is 13.5 Å². The molecule has 0 N–H and O–H groups in total. The van der Waals surface area contributed by atoms with Crippen molar-refractivity contribution in [1.82, 2.24) is 14.2 Å². The van der Waals surface area contributed by atoms with Crippen LogP contribution in [-0.2, 0) is 6.54 Å². The Bertz CT molecular complexity index is 1820. The van der Waals surface area contributed by atoms with Gasteiger partial charge in [0.25, 0.3) is 0 Å². The number of nitrogens with zero attached hydrogens (tertiary/aromatic N) is 3. The molecule has 0 aliphatic rings. The first-order valence-corrected chi connectivity index (χ1v) is 11.1. The molecule has 0 fully saturated rings. The van der Waals surface area contributed by atoms with Gasteiger partial charge in [-0.25, -0.2) is 4.52 Å². The quantitative estimate of drug-likeness (QED) is 0.271. The number of hydrogen-bond donors (Lipinski definition) is 0. The van der Waals surface area contributed by atoms with Gasteiger partial charge in [-0.05, 0) is 59.8 Å². The first-order chi connectivity index (χ1) is 15.8. The molecule has 0 aliphatic heterocycles. The zero-order valence-corrected chi connectivity index (χ0v) is 17.8. The Hall–Kier alpha value is -4.11. The number of pyridine rings is 1. The largest absolute Gasteiger partial charge is 0.341 e. The SMILES string of the molecule is CCn1c2ccccc2c2cc(-c3ccc4c(c3)c3ccccc3c3ccnn34)ccc21. The van der Waals surface area contributed by atoms with Crippen molar-refractivity contribution in [1.29, 1.82) is 0 Å². The average molecular weight is 412 g/mol. The molecule has 4 aromatic carbocycles. The van der Waals surface area contributed by atoms with Crippen LogP contribution in [-0.4, -0.2) is 14.2 Å². The maximum absolute atomic E-state index is 4.60. The van der Waals surface area contributed by atoms with E-state index in [1.54, 1.807) is 0 Å². The highest BCUT2D eigenvalue weighted by atomic mass is 15.2. The average Bonchev–Trinajstić information content (AvgIpc) is 3.47. The van der Waals surface area contributed by atoms with Gasteiger partial charge in [0.15, 0.2) is 0 Å². The molecule has 0 saturated heterocycles. The number of aryl methyl sites for hydroxylation is 1. The smallest absolute Gasteiger partial charge is 0.0747 e. The summed E-state index contributed by atoms with van der Waals surface area (Å²) in [6, 6.07) is 33.0. The maximum Gasteiger partial charge on any atom is 0.0747 e. The molecule has 3 heteroatoms. The van der Waals surface area contributed by atoms with Gasteiger partial charge in [-0.3, -0.25) is 0 Å². The zero-order valence-electron chi connectivity index (χ0n) is 17.8. The molecular weight excluding hydrogens is 390 g/mol. The van der Waals surface area contributed by atoms with E-state index in [0.29, 0.717) is 0 Å². The fraction of sp³-hybridized carbons (Fsp3) is 0.0690. The summed E-state index contributed by atoms with van der Waals surface area (Å²) in [5.41, 5.74) is 7.34. The second-order valence-electron chi connectivity index (χ2n) is 8.40. The van der Waals surface area contributed by atoms with E-state index in [4.69, 9.17) is 0 Å². The molecule has 0 amide bonds. The summed E-state index contributed by atoms with van der Waals surface area (Å²) in [4.78, 5) is 0. The molecule has 0 bridgehead atoms. The fourth-order valence-electron chi connectivity index (χ4n) is 5.33. The molecule has 0 radical (unpaired) electrons. The molecule has 0 unspecified atom stereocenters. The Morgan fingerprint density at radius 3 is 1.88 bits per heavy atom. The first kappa shape index (κ1) is 17.6. The molecule has 0 saturated carbocycles. The predicted octanol–water partition coefficient (Wildman–Crippen LogP) is 7.44. The van der Waals surface area contributed by atoms with Gasteiger partial charge in [-0.15, -0.1) is 0 Å². The lowest BCUT2D eigenvalue weighted by atomic mass is 9.98. The summed E-state index contributed by atoms with van der Waals surface area (Å²) < 4.78 is 4.45. The zero-order chi connectivity index (χ0) is 21.2. The van der Waals surface area contributed by atoms with Crippen LogP contribution in [0.1, 0.15) is 6.92 Å². The third kappa shape index (κ3) is 2.28. The van der Waals surface area contributed by atoms with Crippen molar-refractivity contribution >= 4 is 49.0 Å². The van der Waals surface area contributed by atoms with E-state index >= 15 is 0 Å². The summed E-state index contributed by atoms with van der Waals surface area (Å²) in [6.07, 6.45) is 1.88. The Balaban J connectivity index is 1.53. The van der Waals surface area contributed by atoms with E-state index in [2.05, 4.69) is 112 Å². The van der Waals surface area contributed by atoms with Gasteiger partial charge in [-0.1, -0.05) is 54.6 Å². The molecule has 3 nitrogen and oxygen atoms in total. The molecule has 7 rings (SSSR count). The second-order valence-corrected chi connectivity index (χ2v) is 8.40. The number of hydrogen-bond acceptors (Lipinski definition) is 1. The van der Waals surface area contributed by atoms with Gasteiger partial charge >= 0.3 is 0 Å². The van der Waals surface area contributed by atoms with Crippen molar-refractivity contribution < 1.29 is 0 Å². The minimum Gasteiger partial charge on any atom is -0.341 e. The number of fused-ring (bicyclic) bond motifs is 9. The van der Waals surface area contributed by atoms with Crippen molar-refractivity contribution in [2.75, 3.05) is 0 Å². The molecule has 3 heterocycles. The van der Waals surface area contributed by atoms with Crippen LogP contribution < -0.4 is 0 Å². The number of aromatic nitrogens is 3. The minimum atomic E-state index is 0.963. The van der Waals surface area contributed by atoms with Gasteiger partial charge in [0.05, 0.1) is 17.2 Å². The monoisotopic (exact) mass is 411 g/mol.